The molecular formula is C112H78N4Si2. The van der Waals surface area contributed by atoms with Gasteiger partial charge in [-0.15, -0.1) is 0 Å². The van der Waals surface area contributed by atoms with Crippen molar-refractivity contribution in [3.05, 3.63) is 473 Å². The van der Waals surface area contributed by atoms with Gasteiger partial charge in [-0.25, -0.2) is 4.98 Å². The second-order valence-corrected chi connectivity index (χ2v) is 38.3. The normalized spacial score (nSPS) is 11.7. The first-order chi connectivity index (χ1) is 58.5. The molecule has 0 radical (unpaired) electrons. The maximum Gasteiger partial charge on any atom is 0.237 e. The Morgan fingerprint density at radius 1 is 0.153 bits per heavy atom. The second-order valence-electron chi connectivity index (χ2n) is 30.7. The molecular weight excluding hydrogens is 1460 g/mol. The van der Waals surface area contributed by atoms with Gasteiger partial charge in [0.05, 0.1) is 27.8 Å². The fourth-order valence-electron chi connectivity index (χ4n) is 18.5. The molecule has 554 valence electrons. The van der Waals surface area contributed by atoms with E-state index < -0.39 is 16.1 Å². The molecule has 0 aliphatic carbocycles. The van der Waals surface area contributed by atoms with E-state index in [2.05, 4.69) is 482 Å². The third kappa shape index (κ3) is 12.6. The van der Waals surface area contributed by atoms with Gasteiger partial charge in [-0.3, -0.25) is 9.13 Å². The minimum atomic E-state index is -3.90. The lowest BCUT2D eigenvalue weighted by Gasteiger charge is -2.39. The van der Waals surface area contributed by atoms with Crippen molar-refractivity contribution in [2.24, 2.45) is 0 Å². The summed E-state index contributed by atoms with van der Waals surface area (Å²) in [6.07, 6.45) is 0. The van der Waals surface area contributed by atoms with Crippen LogP contribution < -0.4 is 41.5 Å². The molecule has 0 N–H and O–H groups in total. The highest BCUT2D eigenvalue weighted by atomic mass is 28.3. The zero-order valence-electron chi connectivity index (χ0n) is 64.8. The predicted octanol–water partition coefficient (Wildman–Crippen LogP) is 22.8. The van der Waals surface area contributed by atoms with Crippen LogP contribution in [0, 0.1) is 0 Å². The van der Waals surface area contributed by atoms with Gasteiger partial charge in [0.1, 0.15) is 5.82 Å². The van der Waals surface area contributed by atoms with Crippen LogP contribution in [-0.4, -0.2) is 35.2 Å². The topological polar surface area (TPSA) is 35.6 Å². The first-order valence-electron chi connectivity index (χ1n) is 40.6. The first kappa shape index (κ1) is 70.9. The Morgan fingerprint density at radius 3 is 0.712 bits per heavy atom. The summed E-state index contributed by atoms with van der Waals surface area (Å²) in [7, 11) is -7.81. The number of benzene rings is 18. The SMILES string of the molecule is c1ccc(-c2cccc([Si](c3cccc(-c4ccccc4)c3)(c3cccc(-c4ccccc4)c3)c3cc(-c4cc(-n5c6ccccc6c6ccccc65)nc(-n5c6ccccc6c6cc(-c7ccccc7)ccc65)n4)cc([Si](c4cccc(-c5ccccc5)c4)(c4cccc(-c5ccccc5)c4)c4cccc(-c5ccccc5)c4)c3)c2)cc1. The van der Waals surface area contributed by atoms with E-state index in [0.717, 1.165) is 139 Å². The number of nitrogens with zero attached hydrogens (tertiary/aromatic N) is 4. The Morgan fingerprint density at radius 2 is 0.398 bits per heavy atom. The number of para-hydroxylation sites is 3. The van der Waals surface area contributed by atoms with Crippen LogP contribution in [0.15, 0.2) is 473 Å². The number of fused-ring (bicyclic) bond motifs is 6. The van der Waals surface area contributed by atoms with Crippen LogP contribution in [0.4, 0.5) is 0 Å². The third-order valence-electron chi connectivity index (χ3n) is 24.0. The lowest BCUT2D eigenvalue weighted by molar-refractivity contribution is 0.952. The van der Waals surface area contributed by atoms with E-state index in [1.165, 1.54) is 41.5 Å². The van der Waals surface area contributed by atoms with Gasteiger partial charge in [-0.05, 0) is 150 Å². The summed E-state index contributed by atoms with van der Waals surface area (Å²) in [4.78, 5) is 12.3. The maximum absolute atomic E-state index is 6.27. The van der Waals surface area contributed by atoms with Crippen LogP contribution >= 0.6 is 0 Å². The quantitative estimate of drug-likeness (QED) is 0.0634. The van der Waals surface area contributed by atoms with Crippen LogP contribution in [0.2, 0.25) is 0 Å². The van der Waals surface area contributed by atoms with Crippen molar-refractivity contribution < 1.29 is 0 Å². The average molecular weight is 1540 g/mol. The highest BCUT2D eigenvalue weighted by Crippen LogP contribution is 2.39. The molecule has 21 rings (SSSR count). The summed E-state index contributed by atoms with van der Waals surface area (Å²) >= 11 is 0. The number of aromatic nitrogens is 4. The Labute approximate surface area is 689 Å². The molecule has 0 amide bonds. The molecule has 4 nitrogen and oxygen atoms in total. The number of hydrogen-bond donors (Lipinski definition) is 0. The summed E-state index contributed by atoms with van der Waals surface area (Å²) < 4.78 is 4.70. The van der Waals surface area contributed by atoms with Gasteiger partial charge in [0.15, 0.2) is 16.1 Å². The number of hydrogen-bond acceptors (Lipinski definition) is 2. The molecule has 0 saturated carbocycles. The van der Waals surface area contributed by atoms with Crippen LogP contribution in [-0.2, 0) is 0 Å². The Balaban J connectivity index is 0.973. The van der Waals surface area contributed by atoms with Gasteiger partial charge in [-0.2, -0.15) is 4.98 Å². The van der Waals surface area contributed by atoms with E-state index in [0.29, 0.717) is 5.95 Å². The molecule has 6 heteroatoms. The fraction of sp³-hybridized carbons (Fsp3) is 0. The van der Waals surface area contributed by atoms with E-state index in [4.69, 9.17) is 9.97 Å². The molecule has 0 atom stereocenters. The zero-order chi connectivity index (χ0) is 78.4. The van der Waals surface area contributed by atoms with Crippen molar-refractivity contribution in [3.8, 4) is 101 Å². The summed E-state index contributed by atoms with van der Waals surface area (Å²) in [6, 6.07) is 177. The van der Waals surface area contributed by atoms with Crippen molar-refractivity contribution >= 4 is 101 Å². The van der Waals surface area contributed by atoms with Crippen molar-refractivity contribution in [2.45, 2.75) is 0 Å². The van der Waals surface area contributed by atoms with Crippen LogP contribution in [0.5, 0.6) is 0 Å². The monoisotopic (exact) mass is 1530 g/mol. The van der Waals surface area contributed by atoms with Crippen molar-refractivity contribution in [2.75, 3.05) is 0 Å². The minimum absolute atomic E-state index is 0.551. The lowest BCUT2D eigenvalue weighted by Crippen LogP contribution is -2.78. The standard InChI is InChI=1S/C112H78N4Si2/c1-8-34-79(35-9-1)86-48-28-54-94(68-86)117(95-55-29-49-87(69-95)80-36-10-2-11-37-80,96-56-30-50-88(70-96)81-38-12-3-13-39-81)100-74-93(106-78-111(115-107-63-25-22-60-102(107)103-61-23-26-64-108(103)115)114-112(113-106)116-109-65-27-24-62-104(109)105-76-92(66-67-110(105)116)85-46-20-7-21-47-85)75-101(77-100)118(97-57-31-51-89(71-97)82-40-14-4-15-41-82,98-58-32-52-90(72-98)83-42-16-5-17-43-83)99-59-33-53-91(73-99)84-44-18-6-19-45-84/h1-78H. The molecule has 0 aliphatic rings. The van der Waals surface area contributed by atoms with Crippen molar-refractivity contribution in [1.82, 2.24) is 19.1 Å². The largest absolute Gasteiger partial charge is 0.294 e. The van der Waals surface area contributed by atoms with Gasteiger partial charge < -0.3 is 0 Å². The summed E-state index contributed by atoms with van der Waals surface area (Å²) in [5.74, 6) is 1.29. The maximum atomic E-state index is 6.27. The molecule has 0 fully saturated rings. The summed E-state index contributed by atoms with van der Waals surface area (Å²) in [5.41, 5.74) is 21.8. The minimum Gasteiger partial charge on any atom is -0.294 e. The second kappa shape index (κ2) is 30.4. The van der Waals surface area contributed by atoms with E-state index in [1.54, 1.807) is 0 Å². The van der Waals surface area contributed by atoms with Crippen LogP contribution in [0.25, 0.3) is 145 Å². The van der Waals surface area contributed by atoms with Gasteiger partial charge in [0.25, 0.3) is 0 Å². The molecule has 3 aromatic heterocycles. The fourth-order valence-corrected chi connectivity index (χ4v) is 28.5. The molecule has 0 unspecified atom stereocenters. The molecule has 21 aromatic rings. The van der Waals surface area contributed by atoms with E-state index in [9.17, 15) is 0 Å². The Kier molecular flexibility index (Phi) is 18.3. The number of rotatable bonds is 18. The highest BCUT2D eigenvalue weighted by molar-refractivity contribution is 7.22. The molecule has 118 heavy (non-hydrogen) atoms. The zero-order valence-corrected chi connectivity index (χ0v) is 66.8. The van der Waals surface area contributed by atoms with E-state index >= 15 is 0 Å². The highest BCUT2D eigenvalue weighted by Gasteiger charge is 2.47. The predicted molar refractivity (Wildman–Crippen MR) is 501 cm³/mol. The van der Waals surface area contributed by atoms with E-state index in [1.807, 2.05) is 0 Å². The van der Waals surface area contributed by atoms with Crippen molar-refractivity contribution in [3.63, 3.8) is 0 Å². The summed E-state index contributed by atoms with van der Waals surface area (Å²) in [6.45, 7) is 0. The van der Waals surface area contributed by atoms with Crippen LogP contribution in [0.3, 0.4) is 0 Å². The average Bonchev–Trinajstić information content (AvgIpc) is 0.906. The molecule has 0 spiro atoms. The molecule has 0 bridgehead atoms. The van der Waals surface area contributed by atoms with Gasteiger partial charge >= 0.3 is 0 Å². The summed E-state index contributed by atoms with van der Waals surface area (Å²) in [5, 5.41) is 14.3. The Bertz CT molecular complexity index is 6560. The van der Waals surface area contributed by atoms with Gasteiger partial charge in [-0.1, -0.05) is 437 Å². The van der Waals surface area contributed by atoms with Crippen LogP contribution in [0.1, 0.15) is 0 Å². The molecule has 18 aromatic carbocycles. The molecule has 3 heterocycles. The van der Waals surface area contributed by atoms with Gasteiger partial charge in [0.2, 0.25) is 5.95 Å². The first-order valence-corrected chi connectivity index (χ1v) is 44.6. The third-order valence-corrected chi connectivity index (χ3v) is 33.4. The Hall–Kier alpha value is -14.9. The van der Waals surface area contributed by atoms with E-state index in [-0.39, 0.29) is 0 Å². The lowest BCUT2D eigenvalue weighted by atomic mass is 10.0. The van der Waals surface area contributed by atoms with Crippen molar-refractivity contribution in [1.29, 1.82) is 0 Å². The molecule has 0 saturated heterocycles. The van der Waals surface area contributed by atoms with Gasteiger partial charge in [0, 0.05) is 33.2 Å². The smallest absolute Gasteiger partial charge is 0.237 e. The molecule has 0 aliphatic heterocycles.